The van der Waals surface area contributed by atoms with Gasteiger partial charge in [0.1, 0.15) is 0 Å². The predicted octanol–water partition coefficient (Wildman–Crippen LogP) is 3.11. The van der Waals surface area contributed by atoms with E-state index in [-0.39, 0.29) is 6.03 Å². The zero-order chi connectivity index (χ0) is 14.5. The van der Waals surface area contributed by atoms with E-state index in [4.69, 9.17) is 0 Å². The highest BCUT2D eigenvalue weighted by molar-refractivity contribution is 5.75. The Balaban J connectivity index is 1.53. The SMILES string of the molecule is O=C(NCC1CC=CCC1)N(Cc1ccncc1)C1CC1. The van der Waals surface area contributed by atoms with Gasteiger partial charge < -0.3 is 10.2 Å². The Morgan fingerprint density at radius 3 is 2.71 bits per heavy atom. The highest BCUT2D eigenvalue weighted by atomic mass is 16.2. The number of hydrogen-bond acceptors (Lipinski definition) is 2. The third-order valence-electron chi connectivity index (χ3n) is 4.27. The van der Waals surface area contributed by atoms with Crippen LogP contribution in [0.5, 0.6) is 0 Å². The molecule has 112 valence electrons. The van der Waals surface area contributed by atoms with E-state index in [1.807, 2.05) is 17.0 Å². The fraction of sp³-hybridized carbons (Fsp3) is 0.529. The predicted molar refractivity (Wildman–Crippen MR) is 82.7 cm³/mol. The second-order valence-electron chi connectivity index (χ2n) is 6.05. The third-order valence-corrected chi connectivity index (χ3v) is 4.27. The number of nitrogens with zero attached hydrogens (tertiary/aromatic N) is 2. The van der Waals surface area contributed by atoms with Gasteiger partial charge in [-0.2, -0.15) is 0 Å². The van der Waals surface area contributed by atoms with Crippen molar-refractivity contribution in [3.8, 4) is 0 Å². The van der Waals surface area contributed by atoms with E-state index in [9.17, 15) is 4.79 Å². The molecule has 1 aromatic heterocycles. The highest BCUT2D eigenvalue weighted by Gasteiger charge is 2.32. The Bertz CT molecular complexity index is 496. The number of pyridine rings is 1. The van der Waals surface area contributed by atoms with Crippen molar-refractivity contribution in [3.05, 3.63) is 42.2 Å². The normalized spacial score (nSPS) is 21.0. The summed E-state index contributed by atoms with van der Waals surface area (Å²) in [5, 5.41) is 3.13. The van der Waals surface area contributed by atoms with Crippen LogP contribution in [0.15, 0.2) is 36.7 Å². The van der Waals surface area contributed by atoms with Crippen molar-refractivity contribution in [3.63, 3.8) is 0 Å². The van der Waals surface area contributed by atoms with Gasteiger partial charge in [0, 0.05) is 31.5 Å². The molecule has 0 saturated heterocycles. The molecule has 2 amide bonds. The lowest BCUT2D eigenvalue weighted by atomic mass is 9.94. The first-order valence-corrected chi connectivity index (χ1v) is 7.91. The number of urea groups is 1. The van der Waals surface area contributed by atoms with Gasteiger partial charge in [-0.3, -0.25) is 4.98 Å². The molecule has 1 atom stereocenters. The molecule has 1 N–H and O–H groups in total. The number of carbonyl (C=O) groups is 1. The van der Waals surface area contributed by atoms with Crippen molar-refractivity contribution in [2.24, 2.45) is 5.92 Å². The van der Waals surface area contributed by atoms with E-state index in [1.54, 1.807) is 12.4 Å². The molecule has 3 rings (SSSR count). The Kier molecular flexibility index (Phi) is 4.53. The van der Waals surface area contributed by atoms with Crippen molar-refractivity contribution >= 4 is 6.03 Å². The first kappa shape index (κ1) is 14.1. The average Bonchev–Trinajstić information content (AvgIpc) is 3.37. The summed E-state index contributed by atoms with van der Waals surface area (Å²) in [5.74, 6) is 0.598. The molecule has 1 fully saturated rings. The number of amides is 2. The van der Waals surface area contributed by atoms with E-state index in [0.717, 1.165) is 37.8 Å². The van der Waals surface area contributed by atoms with Gasteiger partial charge in [0.15, 0.2) is 0 Å². The fourth-order valence-electron chi connectivity index (χ4n) is 2.81. The summed E-state index contributed by atoms with van der Waals surface area (Å²) in [6.45, 7) is 1.48. The number of nitrogens with one attached hydrogen (secondary N) is 1. The van der Waals surface area contributed by atoms with Gasteiger partial charge in [-0.25, -0.2) is 4.79 Å². The van der Waals surface area contributed by atoms with Crippen LogP contribution in [0.25, 0.3) is 0 Å². The van der Waals surface area contributed by atoms with Crippen molar-refractivity contribution in [2.45, 2.75) is 44.7 Å². The molecule has 2 aliphatic rings. The van der Waals surface area contributed by atoms with Crippen LogP contribution in [0.3, 0.4) is 0 Å². The molecule has 0 aliphatic heterocycles. The van der Waals surface area contributed by atoms with Gasteiger partial charge in [0.25, 0.3) is 0 Å². The minimum atomic E-state index is 0.0869. The molecule has 1 unspecified atom stereocenters. The molecule has 0 aromatic carbocycles. The van der Waals surface area contributed by atoms with Crippen molar-refractivity contribution in [2.75, 3.05) is 6.54 Å². The van der Waals surface area contributed by atoms with Crippen LogP contribution in [0.2, 0.25) is 0 Å². The van der Waals surface area contributed by atoms with E-state index in [2.05, 4.69) is 22.5 Å². The topological polar surface area (TPSA) is 45.2 Å². The Morgan fingerprint density at radius 1 is 1.24 bits per heavy atom. The standard InChI is InChI=1S/C17H23N3O/c21-17(19-12-14-4-2-1-3-5-14)20(16-6-7-16)13-15-8-10-18-11-9-15/h1-2,8-11,14,16H,3-7,12-13H2,(H,19,21). The average molecular weight is 285 g/mol. The van der Waals surface area contributed by atoms with Gasteiger partial charge in [0.2, 0.25) is 0 Å². The molecule has 4 nitrogen and oxygen atoms in total. The molecule has 1 aromatic rings. The van der Waals surface area contributed by atoms with Crippen LogP contribution >= 0.6 is 0 Å². The molecular formula is C17H23N3O. The van der Waals surface area contributed by atoms with E-state index >= 15 is 0 Å². The van der Waals surface area contributed by atoms with Gasteiger partial charge >= 0.3 is 6.03 Å². The number of allylic oxidation sites excluding steroid dienone is 2. The van der Waals surface area contributed by atoms with E-state index in [0.29, 0.717) is 18.5 Å². The molecule has 2 aliphatic carbocycles. The minimum Gasteiger partial charge on any atom is -0.338 e. The minimum absolute atomic E-state index is 0.0869. The zero-order valence-electron chi connectivity index (χ0n) is 12.4. The summed E-state index contributed by atoms with van der Waals surface area (Å²) in [6.07, 6.45) is 13.7. The molecule has 0 spiro atoms. The monoisotopic (exact) mass is 285 g/mol. The summed E-state index contributed by atoms with van der Waals surface area (Å²) < 4.78 is 0. The van der Waals surface area contributed by atoms with Crippen LogP contribution in [0.4, 0.5) is 4.79 Å². The summed E-state index contributed by atoms with van der Waals surface area (Å²) in [5.41, 5.74) is 1.15. The summed E-state index contributed by atoms with van der Waals surface area (Å²) in [4.78, 5) is 18.5. The summed E-state index contributed by atoms with van der Waals surface area (Å²) >= 11 is 0. The highest BCUT2D eigenvalue weighted by Crippen LogP contribution is 2.28. The van der Waals surface area contributed by atoms with Crippen molar-refractivity contribution in [1.29, 1.82) is 0 Å². The first-order chi connectivity index (χ1) is 10.3. The number of hydrogen-bond donors (Lipinski definition) is 1. The van der Waals surface area contributed by atoms with Crippen LogP contribution in [0.1, 0.15) is 37.7 Å². The maximum atomic E-state index is 12.5. The number of carbonyl (C=O) groups excluding carboxylic acids is 1. The van der Waals surface area contributed by atoms with Gasteiger partial charge in [-0.05, 0) is 55.7 Å². The fourth-order valence-corrected chi connectivity index (χ4v) is 2.81. The first-order valence-electron chi connectivity index (χ1n) is 7.91. The Hall–Kier alpha value is -1.84. The van der Waals surface area contributed by atoms with Crippen LogP contribution in [-0.2, 0) is 6.54 Å². The quantitative estimate of drug-likeness (QED) is 0.845. The van der Waals surface area contributed by atoms with Crippen molar-refractivity contribution in [1.82, 2.24) is 15.2 Å². The lowest BCUT2D eigenvalue weighted by Crippen LogP contribution is -2.42. The summed E-state index contributed by atoms with van der Waals surface area (Å²) in [7, 11) is 0. The van der Waals surface area contributed by atoms with Crippen LogP contribution < -0.4 is 5.32 Å². The lowest BCUT2D eigenvalue weighted by molar-refractivity contribution is 0.189. The largest absolute Gasteiger partial charge is 0.338 e. The Morgan fingerprint density at radius 2 is 2.05 bits per heavy atom. The molecule has 1 heterocycles. The van der Waals surface area contributed by atoms with Gasteiger partial charge in [-0.15, -0.1) is 0 Å². The van der Waals surface area contributed by atoms with Crippen molar-refractivity contribution < 1.29 is 4.79 Å². The molecule has 0 radical (unpaired) electrons. The third kappa shape index (κ3) is 4.06. The second-order valence-corrected chi connectivity index (χ2v) is 6.05. The molecular weight excluding hydrogens is 262 g/mol. The number of rotatable bonds is 5. The zero-order valence-corrected chi connectivity index (χ0v) is 12.4. The van der Waals surface area contributed by atoms with Crippen LogP contribution in [0, 0.1) is 5.92 Å². The van der Waals surface area contributed by atoms with Crippen LogP contribution in [-0.4, -0.2) is 28.5 Å². The van der Waals surface area contributed by atoms with E-state index in [1.165, 1.54) is 6.42 Å². The maximum absolute atomic E-state index is 12.5. The molecule has 21 heavy (non-hydrogen) atoms. The maximum Gasteiger partial charge on any atom is 0.317 e. The molecule has 0 bridgehead atoms. The lowest BCUT2D eigenvalue weighted by Gasteiger charge is -2.25. The second kappa shape index (κ2) is 6.74. The van der Waals surface area contributed by atoms with Gasteiger partial charge in [-0.1, -0.05) is 12.2 Å². The molecule has 4 heteroatoms. The smallest absolute Gasteiger partial charge is 0.317 e. The molecule has 1 saturated carbocycles. The summed E-state index contributed by atoms with van der Waals surface area (Å²) in [6, 6.07) is 4.47. The number of aromatic nitrogens is 1. The van der Waals surface area contributed by atoms with Gasteiger partial charge in [0.05, 0.1) is 0 Å². The van der Waals surface area contributed by atoms with E-state index < -0.39 is 0 Å². The Labute approximate surface area is 126 Å².